The molecule has 0 spiro atoms. The minimum Gasteiger partial charge on any atom is -0.480 e. The number of carboxylic acid groups (broad SMARTS) is 1. The van der Waals surface area contributed by atoms with E-state index in [9.17, 15) is 24.3 Å². The van der Waals surface area contributed by atoms with Crippen LogP contribution in [0.1, 0.15) is 53.0 Å². The number of carbonyl (C=O) groups excluding carboxylic acids is 3. The van der Waals surface area contributed by atoms with Crippen LogP contribution in [0.3, 0.4) is 0 Å². The van der Waals surface area contributed by atoms with E-state index in [0.29, 0.717) is 23.5 Å². The standard InChI is InChI=1S/C28H37N3O7/c1-7-9-19-13-12-17(2)37-21-11-8-10-20(14-21)16-23(26(34)35)30-24(32)18(3)29-25(33)22(15-19)31-27(36)38-28(4,5)6/h7-8,10-14,18,22-23H,1,9,15-16H2,2-6H3,(H,29,33)(H,30,32)(H,31,36)(H,34,35)/b17-12+,19-13+. The van der Waals surface area contributed by atoms with Gasteiger partial charge in [0.15, 0.2) is 0 Å². The number of ether oxygens (including phenoxy) is 2. The fourth-order valence-corrected chi connectivity index (χ4v) is 3.63. The highest BCUT2D eigenvalue weighted by molar-refractivity contribution is 5.92. The van der Waals surface area contributed by atoms with Crippen LogP contribution in [-0.2, 0) is 25.5 Å². The molecule has 0 saturated carbocycles. The molecule has 1 aliphatic rings. The molecule has 2 bridgehead atoms. The summed E-state index contributed by atoms with van der Waals surface area (Å²) in [6.07, 6.45) is 4.93. The molecule has 1 aromatic carbocycles. The highest BCUT2D eigenvalue weighted by Crippen LogP contribution is 2.19. The number of hydrogen-bond donors (Lipinski definition) is 4. The highest BCUT2D eigenvalue weighted by atomic mass is 16.6. The van der Waals surface area contributed by atoms with Gasteiger partial charge in [-0.05, 0) is 71.2 Å². The van der Waals surface area contributed by atoms with Gasteiger partial charge >= 0.3 is 12.1 Å². The van der Waals surface area contributed by atoms with Crippen molar-refractivity contribution in [2.75, 3.05) is 0 Å². The van der Waals surface area contributed by atoms with Crippen molar-refractivity contribution in [2.24, 2.45) is 0 Å². The van der Waals surface area contributed by atoms with E-state index in [4.69, 9.17) is 9.47 Å². The summed E-state index contributed by atoms with van der Waals surface area (Å²) >= 11 is 0. The number of rotatable bonds is 4. The van der Waals surface area contributed by atoms with Crippen LogP contribution in [0.2, 0.25) is 0 Å². The van der Waals surface area contributed by atoms with Gasteiger partial charge in [0.2, 0.25) is 11.8 Å². The van der Waals surface area contributed by atoms with Crippen LogP contribution in [-0.4, -0.2) is 52.7 Å². The van der Waals surface area contributed by atoms with Gasteiger partial charge in [0.05, 0.1) is 0 Å². The van der Waals surface area contributed by atoms with Crippen molar-refractivity contribution >= 4 is 23.9 Å². The van der Waals surface area contributed by atoms with Crippen LogP contribution in [0.5, 0.6) is 5.75 Å². The van der Waals surface area contributed by atoms with Crippen molar-refractivity contribution < 1.29 is 33.8 Å². The molecule has 4 N–H and O–H groups in total. The fraction of sp³-hybridized carbons (Fsp3) is 0.429. The van der Waals surface area contributed by atoms with Gasteiger partial charge < -0.3 is 30.5 Å². The molecular formula is C28H37N3O7. The molecule has 1 heterocycles. The van der Waals surface area contributed by atoms with E-state index >= 15 is 0 Å². The minimum absolute atomic E-state index is 0.00785. The SMILES string of the molecule is C=CC/C1=C\C=C(/C)Oc2cccc(c2)CC(C(=O)O)NC(=O)C(C)NC(=O)C(NC(=O)OC(C)(C)C)C1. The second kappa shape index (κ2) is 13.5. The molecule has 38 heavy (non-hydrogen) atoms. The van der Waals surface area contributed by atoms with Crippen LogP contribution in [0.15, 0.2) is 60.4 Å². The first-order chi connectivity index (χ1) is 17.8. The zero-order chi connectivity index (χ0) is 28.5. The summed E-state index contributed by atoms with van der Waals surface area (Å²) in [6.45, 7) is 12.1. The Hall–Kier alpha value is -4.08. The van der Waals surface area contributed by atoms with Gasteiger partial charge in [0.1, 0.15) is 35.2 Å². The number of hydrogen-bond acceptors (Lipinski definition) is 6. The predicted molar refractivity (Wildman–Crippen MR) is 142 cm³/mol. The number of benzene rings is 1. The van der Waals surface area contributed by atoms with Crippen LogP contribution in [0.25, 0.3) is 0 Å². The van der Waals surface area contributed by atoms with Crippen LogP contribution in [0, 0.1) is 0 Å². The van der Waals surface area contributed by atoms with Crippen LogP contribution < -0.4 is 20.7 Å². The molecule has 0 aliphatic carbocycles. The van der Waals surface area contributed by atoms with Crippen molar-refractivity contribution in [3.8, 4) is 5.75 Å². The maximum Gasteiger partial charge on any atom is 0.408 e. The zero-order valence-electron chi connectivity index (χ0n) is 22.5. The number of amides is 3. The monoisotopic (exact) mass is 527 g/mol. The Morgan fingerprint density at radius 3 is 2.53 bits per heavy atom. The molecule has 3 atom stereocenters. The Balaban J connectivity index is 2.47. The average Bonchev–Trinajstić information content (AvgIpc) is 2.80. The number of carbonyl (C=O) groups is 4. The van der Waals surface area contributed by atoms with E-state index in [-0.39, 0.29) is 12.8 Å². The third-order valence-corrected chi connectivity index (χ3v) is 5.42. The van der Waals surface area contributed by atoms with E-state index in [2.05, 4.69) is 22.5 Å². The van der Waals surface area contributed by atoms with Gasteiger partial charge in [-0.2, -0.15) is 0 Å². The molecule has 1 aliphatic heterocycles. The number of alkyl carbamates (subject to hydrolysis) is 1. The zero-order valence-corrected chi connectivity index (χ0v) is 22.5. The van der Waals surface area contributed by atoms with Crippen LogP contribution >= 0.6 is 0 Å². The van der Waals surface area contributed by atoms with E-state index in [1.807, 2.05) is 0 Å². The summed E-state index contributed by atoms with van der Waals surface area (Å²) in [5.41, 5.74) is 0.623. The highest BCUT2D eigenvalue weighted by Gasteiger charge is 2.29. The molecule has 3 amide bonds. The molecule has 206 valence electrons. The molecule has 1 aromatic rings. The Kier molecular flexibility index (Phi) is 10.7. The smallest absolute Gasteiger partial charge is 0.408 e. The largest absolute Gasteiger partial charge is 0.480 e. The maximum absolute atomic E-state index is 13.2. The number of nitrogens with one attached hydrogen (secondary N) is 3. The van der Waals surface area contributed by atoms with Crippen molar-refractivity contribution in [3.63, 3.8) is 0 Å². The molecular weight excluding hydrogens is 490 g/mol. The second-order valence-corrected chi connectivity index (χ2v) is 10.1. The third kappa shape index (κ3) is 10.1. The quantitative estimate of drug-likeness (QED) is 0.440. The fourth-order valence-electron chi connectivity index (χ4n) is 3.63. The molecule has 0 radical (unpaired) electrons. The molecule has 10 heteroatoms. The predicted octanol–water partition coefficient (Wildman–Crippen LogP) is 3.39. The second-order valence-electron chi connectivity index (χ2n) is 10.1. The third-order valence-electron chi connectivity index (χ3n) is 5.42. The molecule has 0 aromatic heterocycles. The van der Waals surface area contributed by atoms with Gasteiger partial charge in [-0.25, -0.2) is 9.59 Å². The minimum atomic E-state index is -1.24. The number of allylic oxidation sites excluding steroid dienone is 4. The lowest BCUT2D eigenvalue weighted by Gasteiger charge is -2.25. The number of carboxylic acids is 1. The van der Waals surface area contributed by atoms with Gasteiger partial charge in [-0.3, -0.25) is 9.59 Å². The van der Waals surface area contributed by atoms with E-state index in [0.717, 1.165) is 5.57 Å². The first-order valence-electron chi connectivity index (χ1n) is 12.3. The molecule has 10 nitrogen and oxygen atoms in total. The Labute approximate surface area is 223 Å². The summed E-state index contributed by atoms with van der Waals surface area (Å²) in [7, 11) is 0. The van der Waals surface area contributed by atoms with Crippen molar-refractivity contribution in [1.82, 2.24) is 16.0 Å². The molecule has 3 unspecified atom stereocenters. The van der Waals surface area contributed by atoms with Gasteiger partial charge in [-0.1, -0.05) is 29.9 Å². The van der Waals surface area contributed by atoms with Crippen LogP contribution in [0.4, 0.5) is 4.79 Å². The molecule has 0 saturated heterocycles. The Morgan fingerprint density at radius 2 is 1.89 bits per heavy atom. The molecule has 2 rings (SSSR count). The summed E-state index contributed by atoms with van der Waals surface area (Å²) in [4.78, 5) is 50.4. The topological polar surface area (TPSA) is 143 Å². The Bertz CT molecular complexity index is 1120. The van der Waals surface area contributed by atoms with E-state index in [1.54, 1.807) is 70.2 Å². The van der Waals surface area contributed by atoms with Crippen molar-refractivity contribution in [2.45, 2.75) is 77.6 Å². The lowest BCUT2D eigenvalue weighted by atomic mass is 10.0. The summed E-state index contributed by atoms with van der Waals surface area (Å²) in [5.74, 6) is -1.48. The summed E-state index contributed by atoms with van der Waals surface area (Å²) < 4.78 is 11.2. The number of fused-ring (bicyclic) bond motifs is 2. The maximum atomic E-state index is 13.2. The van der Waals surface area contributed by atoms with Gasteiger partial charge in [-0.15, -0.1) is 6.58 Å². The van der Waals surface area contributed by atoms with Gasteiger partial charge in [0.25, 0.3) is 0 Å². The first-order valence-corrected chi connectivity index (χ1v) is 12.3. The van der Waals surface area contributed by atoms with Crippen molar-refractivity contribution in [1.29, 1.82) is 0 Å². The van der Waals surface area contributed by atoms with E-state index in [1.165, 1.54) is 6.92 Å². The van der Waals surface area contributed by atoms with E-state index < -0.39 is 47.6 Å². The summed E-state index contributed by atoms with van der Waals surface area (Å²) in [6, 6.07) is 3.53. The summed E-state index contributed by atoms with van der Waals surface area (Å²) in [5, 5.41) is 17.3. The lowest BCUT2D eigenvalue weighted by molar-refractivity contribution is -0.142. The lowest BCUT2D eigenvalue weighted by Crippen LogP contribution is -2.55. The van der Waals surface area contributed by atoms with Gasteiger partial charge in [0, 0.05) is 6.42 Å². The average molecular weight is 528 g/mol. The Morgan fingerprint density at radius 1 is 1.18 bits per heavy atom. The first kappa shape index (κ1) is 30.1. The van der Waals surface area contributed by atoms with Crippen molar-refractivity contribution in [3.05, 3.63) is 66.0 Å². The molecule has 0 fully saturated rings. The normalized spacial score (nSPS) is 24.1. The number of aliphatic carboxylic acids is 1.